The number of carbonyl (C=O) groups excluding carboxylic acids is 1. The SMILES string of the molecule is COC(=O)/C(C)=C1\CCCc2cc(N)ccc21. The second-order valence-corrected chi connectivity index (χ2v) is 4.37. The molecule has 0 bridgehead atoms. The summed E-state index contributed by atoms with van der Waals surface area (Å²) in [5, 5.41) is 0. The quantitative estimate of drug-likeness (QED) is 0.459. The Morgan fingerprint density at radius 3 is 2.82 bits per heavy atom. The van der Waals surface area contributed by atoms with Gasteiger partial charge < -0.3 is 10.5 Å². The van der Waals surface area contributed by atoms with Crippen molar-refractivity contribution in [3.8, 4) is 0 Å². The van der Waals surface area contributed by atoms with Gasteiger partial charge in [0.1, 0.15) is 0 Å². The summed E-state index contributed by atoms with van der Waals surface area (Å²) in [6.07, 6.45) is 3.01. The van der Waals surface area contributed by atoms with E-state index in [9.17, 15) is 4.79 Å². The number of aryl methyl sites for hydroxylation is 1. The maximum absolute atomic E-state index is 11.6. The summed E-state index contributed by atoms with van der Waals surface area (Å²) >= 11 is 0. The lowest BCUT2D eigenvalue weighted by molar-refractivity contribution is -0.135. The maximum atomic E-state index is 11.6. The lowest BCUT2D eigenvalue weighted by atomic mass is 9.85. The number of rotatable bonds is 1. The van der Waals surface area contributed by atoms with Crippen molar-refractivity contribution in [3.05, 3.63) is 34.9 Å². The van der Waals surface area contributed by atoms with E-state index in [0.717, 1.165) is 36.1 Å². The highest BCUT2D eigenvalue weighted by molar-refractivity contribution is 5.97. The smallest absolute Gasteiger partial charge is 0.333 e. The van der Waals surface area contributed by atoms with Crippen molar-refractivity contribution in [1.82, 2.24) is 0 Å². The van der Waals surface area contributed by atoms with Crippen LogP contribution < -0.4 is 5.73 Å². The van der Waals surface area contributed by atoms with Crippen molar-refractivity contribution in [3.63, 3.8) is 0 Å². The zero-order chi connectivity index (χ0) is 12.4. The van der Waals surface area contributed by atoms with Crippen molar-refractivity contribution in [2.45, 2.75) is 26.2 Å². The summed E-state index contributed by atoms with van der Waals surface area (Å²) < 4.78 is 4.78. The average Bonchev–Trinajstić information content (AvgIpc) is 2.35. The minimum absolute atomic E-state index is 0.246. The standard InChI is InChI=1S/C14H17NO2/c1-9(14(16)17-2)12-5-3-4-10-8-11(15)6-7-13(10)12/h6-8H,3-5,15H2,1-2H3/b12-9+. The number of methoxy groups -OCH3 is 1. The number of hydrogen-bond acceptors (Lipinski definition) is 3. The Hall–Kier alpha value is -1.77. The molecule has 3 heteroatoms. The van der Waals surface area contributed by atoms with E-state index in [4.69, 9.17) is 10.5 Å². The summed E-state index contributed by atoms with van der Waals surface area (Å²) in [7, 11) is 1.42. The maximum Gasteiger partial charge on any atom is 0.333 e. The second-order valence-electron chi connectivity index (χ2n) is 4.37. The molecule has 0 fully saturated rings. The molecule has 2 N–H and O–H groups in total. The van der Waals surface area contributed by atoms with Crippen LogP contribution in [-0.4, -0.2) is 13.1 Å². The lowest BCUT2D eigenvalue weighted by Crippen LogP contribution is -2.09. The molecule has 0 atom stereocenters. The second kappa shape index (κ2) is 4.62. The molecule has 3 nitrogen and oxygen atoms in total. The van der Waals surface area contributed by atoms with Gasteiger partial charge in [-0.3, -0.25) is 0 Å². The fraction of sp³-hybridized carbons (Fsp3) is 0.357. The van der Waals surface area contributed by atoms with E-state index >= 15 is 0 Å². The van der Waals surface area contributed by atoms with E-state index in [1.165, 1.54) is 12.7 Å². The molecule has 2 rings (SSSR count). The number of carbonyl (C=O) groups is 1. The Balaban J connectivity index is 2.51. The van der Waals surface area contributed by atoms with Crippen molar-refractivity contribution in [1.29, 1.82) is 0 Å². The molecule has 0 aromatic heterocycles. The third-order valence-electron chi connectivity index (χ3n) is 3.27. The molecule has 90 valence electrons. The van der Waals surface area contributed by atoms with Crippen molar-refractivity contribution >= 4 is 17.2 Å². The van der Waals surface area contributed by atoms with Crippen LogP contribution in [0.1, 0.15) is 30.9 Å². The molecular formula is C14H17NO2. The fourth-order valence-corrected chi connectivity index (χ4v) is 2.37. The molecule has 0 aliphatic heterocycles. The molecule has 0 unspecified atom stereocenters. The first kappa shape index (κ1) is 11.7. The number of nitrogen functional groups attached to an aromatic ring is 1. The van der Waals surface area contributed by atoms with E-state index in [0.29, 0.717) is 5.57 Å². The molecule has 0 saturated carbocycles. The highest BCUT2D eigenvalue weighted by atomic mass is 16.5. The molecule has 0 saturated heterocycles. The number of anilines is 1. The normalized spacial score (nSPS) is 17.3. The van der Waals surface area contributed by atoms with Gasteiger partial charge in [0.2, 0.25) is 0 Å². The number of ether oxygens (including phenoxy) is 1. The van der Waals surface area contributed by atoms with Crippen LogP contribution in [0.3, 0.4) is 0 Å². The highest BCUT2D eigenvalue weighted by Crippen LogP contribution is 2.34. The van der Waals surface area contributed by atoms with Gasteiger partial charge >= 0.3 is 5.97 Å². The molecule has 17 heavy (non-hydrogen) atoms. The molecule has 1 aliphatic carbocycles. The van der Waals surface area contributed by atoms with Gasteiger partial charge in [-0.1, -0.05) is 6.07 Å². The monoisotopic (exact) mass is 231 g/mol. The Labute approximate surface area is 101 Å². The number of hydrogen-bond donors (Lipinski definition) is 1. The number of esters is 1. The predicted molar refractivity (Wildman–Crippen MR) is 68.4 cm³/mol. The van der Waals surface area contributed by atoms with Gasteiger partial charge in [0, 0.05) is 11.3 Å². The summed E-state index contributed by atoms with van der Waals surface area (Å²) in [5.41, 5.74) is 10.7. The van der Waals surface area contributed by atoms with Crippen LogP contribution in [0.2, 0.25) is 0 Å². The molecule has 0 heterocycles. The summed E-state index contributed by atoms with van der Waals surface area (Å²) in [6, 6.07) is 5.89. The zero-order valence-electron chi connectivity index (χ0n) is 10.2. The van der Waals surface area contributed by atoms with E-state index in [1.807, 2.05) is 25.1 Å². The Kier molecular flexibility index (Phi) is 3.18. The Morgan fingerprint density at radius 1 is 1.35 bits per heavy atom. The van der Waals surface area contributed by atoms with Gasteiger partial charge in [-0.25, -0.2) is 4.79 Å². The Morgan fingerprint density at radius 2 is 2.12 bits per heavy atom. The highest BCUT2D eigenvalue weighted by Gasteiger charge is 2.19. The van der Waals surface area contributed by atoms with Crippen molar-refractivity contribution in [2.24, 2.45) is 0 Å². The molecule has 0 spiro atoms. The summed E-state index contributed by atoms with van der Waals surface area (Å²) in [6.45, 7) is 1.83. The number of nitrogens with two attached hydrogens (primary N) is 1. The lowest BCUT2D eigenvalue weighted by Gasteiger charge is -2.21. The third kappa shape index (κ3) is 2.18. The molecule has 0 amide bonds. The molecule has 1 aromatic rings. The average molecular weight is 231 g/mol. The van der Waals surface area contributed by atoms with Crippen molar-refractivity contribution < 1.29 is 9.53 Å². The van der Waals surface area contributed by atoms with Crippen LogP contribution in [0, 0.1) is 0 Å². The largest absolute Gasteiger partial charge is 0.466 e. The van der Waals surface area contributed by atoms with Gasteiger partial charge in [0.25, 0.3) is 0 Å². The van der Waals surface area contributed by atoms with Gasteiger partial charge in [-0.05, 0) is 55.0 Å². The summed E-state index contributed by atoms with van der Waals surface area (Å²) in [5.74, 6) is -0.246. The third-order valence-corrected chi connectivity index (χ3v) is 3.27. The van der Waals surface area contributed by atoms with Gasteiger partial charge in [-0.15, -0.1) is 0 Å². The first-order chi connectivity index (χ1) is 8.13. The van der Waals surface area contributed by atoms with Crippen LogP contribution in [0.15, 0.2) is 23.8 Å². The van der Waals surface area contributed by atoms with Gasteiger partial charge in [0.15, 0.2) is 0 Å². The van der Waals surface area contributed by atoms with E-state index in [1.54, 1.807) is 0 Å². The predicted octanol–water partition coefficient (Wildman–Crippen LogP) is 2.55. The topological polar surface area (TPSA) is 52.3 Å². The molecule has 1 aliphatic rings. The van der Waals surface area contributed by atoms with Crippen LogP contribution in [0.25, 0.3) is 5.57 Å². The minimum atomic E-state index is -0.246. The van der Waals surface area contributed by atoms with E-state index < -0.39 is 0 Å². The number of benzene rings is 1. The number of fused-ring (bicyclic) bond motifs is 1. The van der Waals surface area contributed by atoms with Crippen LogP contribution >= 0.6 is 0 Å². The minimum Gasteiger partial charge on any atom is -0.466 e. The van der Waals surface area contributed by atoms with E-state index in [-0.39, 0.29) is 5.97 Å². The van der Waals surface area contributed by atoms with Crippen LogP contribution in [0.4, 0.5) is 5.69 Å². The first-order valence-corrected chi connectivity index (χ1v) is 5.80. The Bertz CT molecular complexity index is 489. The van der Waals surface area contributed by atoms with Crippen LogP contribution in [-0.2, 0) is 16.0 Å². The zero-order valence-corrected chi connectivity index (χ0v) is 10.2. The van der Waals surface area contributed by atoms with Gasteiger partial charge in [0.05, 0.1) is 7.11 Å². The molecular weight excluding hydrogens is 214 g/mol. The van der Waals surface area contributed by atoms with Crippen molar-refractivity contribution in [2.75, 3.05) is 12.8 Å². The first-order valence-electron chi connectivity index (χ1n) is 5.80. The molecule has 1 aromatic carbocycles. The van der Waals surface area contributed by atoms with Gasteiger partial charge in [-0.2, -0.15) is 0 Å². The van der Waals surface area contributed by atoms with Crippen LogP contribution in [0.5, 0.6) is 0 Å². The van der Waals surface area contributed by atoms with E-state index in [2.05, 4.69) is 0 Å². The number of allylic oxidation sites excluding steroid dienone is 1. The fourth-order valence-electron chi connectivity index (χ4n) is 2.37. The summed E-state index contributed by atoms with van der Waals surface area (Å²) in [4.78, 5) is 11.6. The molecule has 0 radical (unpaired) electrons.